The third-order valence-electron chi connectivity index (χ3n) is 4.36. The van der Waals surface area contributed by atoms with E-state index in [4.69, 9.17) is 11.6 Å². The normalized spacial score (nSPS) is 16.7. The van der Waals surface area contributed by atoms with Gasteiger partial charge in [0.25, 0.3) is 5.56 Å². The minimum Gasteiger partial charge on any atom is -0.308 e. The van der Waals surface area contributed by atoms with E-state index in [1.807, 2.05) is 13.0 Å². The van der Waals surface area contributed by atoms with Gasteiger partial charge in [0, 0.05) is 11.4 Å². The van der Waals surface area contributed by atoms with Gasteiger partial charge in [0.2, 0.25) is 0 Å². The first-order valence-electron chi connectivity index (χ1n) is 7.61. The molecule has 1 fully saturated rings. The molecule has 0 spiro atoms. The van der Waals surface area contributed by atoms with Gasteiger partial charge in [-0.05, 0) is 42.9 Å². The lowest BCUT2D eigenvalue weighted by Crippen LogP contribution is -2.21. The number of hydrogen-bond acceptors (Lipinski definition) is 4. The number of fused-ring (bicyclic) bond motifs is 1. The molecule has 2 atom stereocenters. The topological polar surface area (TPSA) is 86.6 Å². The van der Waals surface area contributed by atoms with Crippen LogP contribution in [0.15, 0.2) is 23.0 Å². The van der Waals surface area contributed by atoms with Crippen molar-refractivity contribution in [2.45, 2.75) is 32.1 Å². The van der Waals surface area contributed by atoms with Crippen molar-refractivity contribution in [3.05, 3.63) is 39.4 Å². The quantitative estimate of drug-likeness (QED) is 0.912. The molecular weight excluding hydrogens is 314 g/mol. The lowest BCUT2D eigenvalue weighted by molar-refractivity contribution is -0.120. The van der Waals surface area contributed by atoms with E-state index in [1.165, 1.54) is 0 Å². The molecule has 0 amide bonds. The number of nitrogens with one attached hydrogen (secondary N) is 1. The molecule has 1 aliphatic carbocycles. The summed E-state index contributed by atoms with van der Waals surface area (Å²) in [5, 5.41) is 10.2. The highest BCUT2D eigenvalue weighted by atomic mass is 35.5. The average Bonchev–Trinajstić information content (AvgIpc) is 3.32. The van der Waals surface area contributed by atoms with E-state index in [2.05, 4.69) is 9.97 Å². The summed E-state index contributed by atoms with van der Waals surface area (Å²) in [6.07, 6.45) is 2.63. The molecule has 1 aromatic carbocycles. The molecule has 0 bridgehead atoms. The Balaban J connectivity index is 1.94. The van der Waals surface area contributed by atoms with Crippen LogP contribution < -0.4 is 5.56 Å². The van der Waals surface area contributed by atoms with Crippen molar-refractivity contribution in [3.8, 4) is 6.07 Å². The van der Waals surface area contributed by atoms with Crippen LogP contribution in [0.5, 0.6) is 0 Å². The molecular formula is C17H16ClN3O2. The van der Waals surface area contributed by atoms with Gasteiger partial charge in [0.1, 0.15) is 5.82 Å². The fourth-order valence-corrected chi connectivity index (χ4v) is 2.99. The summed E-state index contributed by atoms with van der Waals surface area (Å²) in [5.74, 6) is -0.301. The monoisotopic (exact) mass is 329 g/mol. The van der Waals surface area contributed by atoms with Crippen LogP contribution in [0.4, 0.5) is 0 Å². The third-order valence-corrected chi connectivity index (χ3v) is 4.60. The number of carbonyl (C=O) groups is 1. The second-order valence-corrected chi connectivity index (χ2v) is 6.60. The number of nitrogens with zero attached hydrogens (tertiary/aromatic N) is 2. The van der Waals surface area contributed by atoms with E-state index in [0.717, 1.165) is 12.8 Å². The third kappa shape index (κ3) is 3.27. The highest BCUT2D eigenvalue weighted by Crippen LogP contribution is 2.39. The minimum atomic E-state index is -1.05. The molecule has 1 aliphatic rings. The van der Waals surface area contributed by atoms with Crippen molar-refractivity contribution in [2.24, 2.45) is 11.8 Å². The second-order valence-electron chi connectivity index (χ2n) is 6.16. The van der Waals surface area contributed by atoms with Gasteiger partial charge in [0.05, 0.1) is 17.0 Å². The average molecular weight is 330 g/mol. The number of benzene rings is 1. The molecule has 0 aliphatic heterocycles. The Morgan fingerprint density at radius 1 is 1.52 bits per heavy atom. The molecule has 3 rings (SSSR count). The van der Waals surface area contributed by atoms with Gasteiger partial charge < -0.3 is 4.98 Å². The Morgan fingerprint density at radius 2 is 2.26 bits per heavy atom. The van der Waals surface area contributed by atoms with Gasteiger partial charge in [-0.3, -0.25) is 9.59 Å². The van der Waals surface area contributed by atoms with E-state index in [1.54, 1.807) is 18.2 Å². The fourth-order valence-electron chi connectivity index (χ4n) is 2.82. The number of nitriles is 1. The predicted molar refractivity (Wildman–Crippen MR) is 87.2 cm³/mol. The number of carbonyl (C=O) groups excluding carboxylic acids is 1. The van der Waals surface area contributed by atoms with Crippen molar-refractivity contribution >= 4 is 28.3 Å². The van der Waals surface area contributed by atoms with Crippen LogP contribution in [0.2, 0.25) is 5.02 Å². The maximum atomic E-state index is 12.4. The Hall–Kier alpha value is -2.19. The maximum absolute atomic E-state index is 12.4. The Labute approximate surface area is 138 Å². The number of ketones is 1. The summed E-state index contributed by atoms with van der Waals surface area (Å²) in [6.45, 7) is 2.03. The number of aromatic nitrogens is 2. The second kappa shape index (κ2) is 6.13. The van der Waals surface area contributed by atoms with Gasteiger partial charge in [-0.2, -0.15) is 5.26 Å². The number of aromatic amines is 1. The molecule has 5 nitrogen and oxygen atoms in total. The molecule has 1 saturated carbocycles. The molecule has 0 radical (unpaired) electrons. The molecule has 2 aromatic rings. The number of rotatable bonds is 5. The smallest absolute Gasteiger partial charge is 0.258 e. The Morgan fingerprint density at radius 3 is 2.91 bits per heavy atom. The summed E-state index contributed by atoms with van der Waals surface area (Å²) in [6, 6.07) is 6.71. The molecule has 23 heavy (non-hydrogen) atoms. The highest BCUT2D eigenvalue weighted by Gasteiger charge is 2.32. The summed E-state index contributed by atoms with van der Waals surface area (Å²) >= 11 is 5.93. The maximum Gasteiger partial charge on any atom is 0.258 e. The zero-order chi connectivity index (χ0) is 16.6. The van der Waals surface area contributed by atoms with Crippen LogP contribution in [-0.4, -0.2) is 15.8 Å². The summed E-state index contributed by atoms with van der Waals surface area (Å²) in [5.41, 5.74) is 0.0181. The number of hydrogen-bond donors (Lipinski definition) is 1. The largest absolute Gasteiger partial charge is 0.308 e. The number of Topliss-reactive ketones (excluding diaryl/α,β-unsaturated/α-hetero) is 1. The molecule has 6 heteroatoms. The van der Waals surface area contributed by atoms with Gasteiger partial charge in [-0.15, -0.1) is 0 Å². The van der Waals surface area contributed by atoms with Crippen molar-refractivity contribution in [1.82, 2.24) is 9.97 Å². The molecule has 0 unspecified atom stereocenters. The molecule has 0 saturated heterocycles. The van der Waals surface area contributed by atoms with Crippen molar-refractivity contribution in [1.29, 1.82) is 5.26 Å². The van der Waals surface area contributed by atoms with Crippen LogP contribution in [0.3, 0.4) is 0 Å². The van der Waals surface area contributed by atoms with Crippen LogP contribution in [0.25, 0.3) is 10.9 Å². The van der Waals surface area contributed by atoms with Crippen LogP contribution >= 0.6 is 11.6 Å². The lowest BCUT2D eigenvalue weighted by Gasteiger charge is -2.12. The summed E-state index contributed by atoms with van der Waals surface area (Å²) in [7, 11) is 0. The van der Waals surface area contributed by atoms with E-state index in [-0.39, 0.29) is 23.1 Å². The standard InChI is InChI=1S/C17H16ClN3O2/c1-9(10-2-3-10)6-15(22)13(8-19)16-20-14-7-11(18)4-5-12(14)17(23)21-16/h4-5,7,9-10,13H,2-3,6H2,1H3,(H,20,21,23)/t9-,13-/m0/s1. The zero-order valence-electron chi connectivity index (χ0n) is 12.7. The SMILES string of the molecule is C[C@@H](CC(=O)[C@H](C#N)c1nc2cc(Cl)ccc2c(=O)[nH]1)C1CC1. The Kier molecular flexibility index (Phi) is 4.18. The van der Waals surface area contributed by atoms with Gasteiger partial charge in [-0.1, -0.05) is 18.5 Å². The Bertz CT molecular complexity index is 864. The first-order valence-corrected chi connectivity index (χ1v) is 7.99. The van der Waals surface area contributed by atoms with E-state index < -0.39 is 5.92 Å². The van der Waals surface area contributed by atoms with E-state index >= 15 is 0 Å². The highest BCUT2D eigenvalue weighted by molar-refractivity contribution is 6.31. The first kappa shape index (κ1) is 15.7. The van der Waals surface area contributed by atoms with Gasteiger partial charge >= 0.3 is 0 Å². The van der Waals surface area contributed by atoms with Gasteiger partial charge in [-0.25, -0.2) is 4.98 Å². The predicted octanol–water partition coefficient (Wildman–Crippen LogP) is 3.19. The van der Waals surface area contributed by atoms with Crippen molar-refractivity contribution in [3.63, 3.8) is 0 Å². The molecule has 1 aromatic heterocycles. The van der Waals surface area contributed by atoms with E-state index in [0.29, 0.717) is 28.3 Å². The van der Waals surface area contributed by atoms with Gasteiger partial charge in [0.15, 0.2) is 11.7 Å². The first-order chi connectivity index (χ1) is 11.0. The fraction of sp³-hybridized carbons (Fsp3) is 0.412. The molecule has 1 N–H and O–H groups in total. The van der Waals surface area contributed by atoms with Crippen LogP contribution in [0, 0.1) is 23.2 Å². The number of H-pyrrole nitrogens is 1. The van der Waals surface area contributed by atoms with Crippen LogP contribution in [-0.2, 0) is 4.79 Å². The lowest BCUT2D eigenvalue weighted by atomic mass is 9.92. The van der Waals surface area contributed by atoms with Crippen LogP contribution in [0.1, 0.15) is 37.9 Å². The van der Waals surface area contributed by atoms with E-state index in [9.17, 15) is 14.9 Å². The zero-order valence-corrected chi connectivity index (χ0v) is 13.4. The summed E-state index contributed by atoms with van der Waals surface area (Å²) in [4.78, 5) is 31.4. The molecule has 118 valence electrons. The molecule has 1 heterocycles. The minimum absolute atomic E-state index is 0.0975. The summed E-state index contributed by atoms with van der Waals surface area (Å²) < 4.78 is 0. The number of halogens is 1. The van der Waals surface area contributed by atoms with Crippen molar-refractivity contribution < 1.29 is 4.79 Å². The van der Waals surface area contributed by atoms with Crippen molar-refractivity contribution in [2.75, 3.05) is 0 Å².